The second-order valence-electron chi connectivity index (χ2n) is 5.48. The largest absolute Gasteiger partial charge is 0.399 e. The molecule has 0 aliphatic carbocycles. The van der Waals surface area contributed by atoms with Gasteiger partial charge in [-0.15, -0.1) is 11.7 Å². The van der Waals surface area contributed by atoms with E-state index in [0.717, 1.165) is 22.5 Å². The van der Waals surface area contributed by atoms with Crippen LogP contribution >= 0.6 is 0 Å². The van der Waals surface area contributed by atoms with Gasteiger partial charge in [0.2, 0.25) is 0 Å². The Morgan fingerprint density at radius 3 is 2.62 bits per heavy atom. The molecule has 5 nitrogen and oxygen atoms in total. The molecule has 1 heterocycles. The lowest BCUT2D eigenvalue weighted by Gasteiger charge is -2.13. The number of fused-ring (bicyclic) bond motifs is 1. The molecule has 120 valence electrons. The van der Waals surface area contributed by atoms with Crippen molar-refractivity contribution in [3.05, 3.63) is 72.3 Å². The Morgan fingerprint density at radius 2 is 1.92 bits per heavy atom. The van der Waals surface area contributed by atoms with Gasteiger partial charge in [0.15, 0.2) is 5.71 Å². The minimum atomic E-state index is -0.162. The highest BCUT2D eigenvalue weighted by Crippen LogP contribution is 2.29. The van der Waals surface area contributed by atoms with Crippen LogP contribution < -0.4 is 10.6 Å². The van der Waals surface area contributed by atoms with Crippen LogP contribution in [-0.4, -0.2) is 23.9 Å². The average molecular weight is 318 g/mol. The van der Waals surface area contributed by atoms with Crippen molar-refractivity contribution in [2.75, 3.05) is 17.2 Å². The molecule has 0 radical (unpaired) electrons. The predicted molar refractivity (Wildman–Crippen MR) is 98.6 cm³/mol. The van der Waals surface area contributed by atoms with Crippen molar-refractivity contribution in [3.8, 4) is 0 Å². The van der Waals surface area contributed by atoms with Gasteiger partial charge in [0, 0.05) is 17.8 Å². The van der Waals surface area contributed by atoms with E-state index in [4.69, 9.17) is 5.73 Å². The summed E-state index contributed by atoms with van der Waals surface area (Å²) in [6, 6.07) is 14.9. The lowest BCUT2D eigenvalue weighted by atomic mass is 10.1. The quantitative estimate of drug-likeness (QED) is 0.407. The van der Waals surface area contributed by atoms with Crippen LogP contribution in [-0.2, 0) is 4.79 Å². The second-order valence-corrected chi connectivity index (χ2v) is 5.48. The summed E-state index contributed by atoms with van der Waals surface area (Å²) in [5.41, 5.74) is 9.99. The summed E-state index contributed by atoms with van der Waals surface area (Å²) in [6.45, 7) is 6.00. The monoisotopic (exact) mass is 318 g/mol. The fraction of sp³-hybridized carbons (Fsp3) is 0.105. The van der Waals surface area contributed by atoms with Crippen LogP contribution in [0.5, 0.6) is 0 Å². The maximum absolute atomic E-state index is 12.6. The minimum Gasteiger partial charge on any atom is -0.399 e. The third kappa shape index (κ3) is 2.84. The number of nitrogen functional groups attached to an aromatic ring is 1. The normalized spacial score (nSPS) is 15.7. The van der Waals surface area contributed by atoms with Gasteiger partial charge < -0.3 is 10.6 Å². The van der Waals surface area contributed by atoms with Crippen LogP contribution in [0.1, 0.15) is 18.1 Å². The summed E-state index contributed by atoms with van der Waals surface area (Å²) in [5, 5.41) is 8.47. The first-order chi connectivity index (χ1) is 11.6. The van der Waals surface area contributed by atoms with E-state index in [1.54, 1.807) is 11.0 Å². The smallest absolute Gasteiger partial charge is 0.279 e. The molecule has 2 aromatic carbocycles. The van der Waals surface area contributed by atoms with Crippen molar-refractivity contribution in [1.29, 1.82) is 0 Å². The van der Waals surface area contributed by atoms with Crippen LogP contribution in [0.2, 0.25) is 0 Å². The number of carbonyl (C=O) groups is 1. The topological polar surface area (TPSA) is 71.0 Å². The van der Waals surface area contributed by atoms with Gasteiger partial charge in [-0.2, -0.15) is 5.10 Å². The molecule has 0 atom stereocenters. The minimum absolute atomic E-state index is 0.162. The number of nitrogens with two attached hydrogens (primary N) is 1. The molecule has 0 saturated heterocycles. The molecule has 0 bridgehead atoms. The van der Waals surface area contributed by atoms with Gasteiger partial charge in [-0.3, -0.25) is 4.79 Å². The van der Waals surface area contributed by atoms with E-state index in [9.17, 15) is 4.79 Å². The maximum Gasteiger partial charge on any atom is 0.279 e. The first-order valence-corrected chi connectivity index (χ1v) is 7.62. The molecular weight excluding hydrogens is 300 g/mol. The lowest BCUT2D eigenvalue weighted by molar-refractivity contribution is -0.112. The van der Waals surface area contributed by atoms with Crippen molar-refractivity contribution >= 4 is 28.7 Å². The Hall–Kier alpha value is -3.21. The van der Waals surface area contributed by atoms with Crippen molar-refractivity contribution in [3.63, 3.8) is 0 Å². The molecule has 0 fully saturated rings. The molecule has 24 heavy (non-hydrogen) atoms. The van der Waals surface area contributed by atoms with E-state index < -0.39 is 0 Å². The number of carbonyl (C=O) groups excluding carboxylic acids is 1. The average Bonchev–Trinajstić information content (AvgIpc) is 2.86. The molecule has 3 rings (SSSR count). The van der Waals surface area contributed by atoms with Crippen molar-refractivity contribution < 1.29 is 4.79 Å². The van der Waals surface area contributed by atoms with Gasteiger partial charge in [-0.05, 0) is 30.7 Å². The summed E-state index contributed by atoms with van der Waals surface area (Å²) >= 11 is 0. The highest BCUT2D eigenvalue weighted by molar-refractivity contribution is 6.54. The zero-order valence-electron chi connectivity index (χ0n) is 13.4. The summed E-state index contributed by atoms with van der Waals surface area (Å²) in [6.07, 6.45) is 1.69. The van der Waals surface area contributed by atoms with Crippen LogP contribution in [0.3, 0.4) is 0 Å². The molecule has 5 heteroatoms. The van der Waals surface area contributed by atoms with Gasteiger partial charge in [0.05, 0.1) is 11.4 Å². The van der Waals surface area contributed by atoms with Gasteiger partial charge >= 0.3 is 0 Å². The van der Waals surface area contributed by atoms with Gasteiger partial charge in [0.25, 0.3) is 5.91 Å². The highest BCUT2D eigenvalue weighted by Gasteiger charge is 2.33. The zero-order valence-corrected chi connectivity index (χ0v) is 13.4. The SMILES string of the molecule is C=CCN1C(=O)/C(=N\N=C(\C)c2ccc(N)cc2)c2ccccc21. The van der Waals surface area contributed by atoms with E-state index in [1.807, 2.05) is 55.5 Å². The Labute approximate surface area is 140 Å². The third-order valence-electron chi connectivity index (χ3n) is 3.84. The summed E-state index contributed by atoms with van der Waals surface area (Å²) in [4.78, 5) is 14.3. The molecular formula is C19H18N4O. The molecule has 0 unspecified atom stereocenters. The van der Waals surface area contributed by atoms with E-state index >= 15 is 0 Å². The summed E-state index contributed by atoms with van der Waals surface area (Å²) in [5.74, 6) is -0.162. The molecule has 1 aliphatic rings. The Balaban J connectivity index is 1.97. The maximum atomic E-state index is 12.6. The van der Waals surface area contributed by atoms with Crippen molar-refractivity contribution in [2.45, 2.75) is 6.92 Å². The molecule has 2 aromatic rings. The molecule has 1 aliphatic heterocycles. The van der Waals surface area contributed by atoms with Crippen LogP contribution in [0.25, 0.3) is 0 Å². The molecule has 2 N–H and O–H groups in total. The number of nitrogens with zero attached hydrogens (tertiary/aromatic N) is 3. The first-order valence-electron chi connectivity index (χ1n) is 7.62. The first kappa shape index (κ1) is 15.7. The number of hydrogen-bond acceptors (Lipinski definition) is 4. The number of anilines is 2. The van der Waals surface area contributed by atoms with Crippen LogP contribution in [0, 0.1) is 0 Å². The summed E-state index contributed by atoms with van der Waals surface area (Å²) in [7, 11) is 0. The summed E-state index contributed by atoms with van der Waals surface area (Å²) < 4.78 is 0. The van der Waals surface area contributed by atoms with Gasteiger partial charge in [-0.1, -0.05) is 36.4 Å². The Bertz CT molecular complexity index is 850. The van der Waals surface area contributed by atoms with Gasteiger partial charge in [-0.25, -0.2) is 0 Å². The predicted octanol–water partition coefficient (Wildman–Crippen LogP) is 3.01. The van der Waals surface area contributed by atoms with E-state index in [-0.39, 0.29) is 5.91 Å². The van der Waals surface area contributed by atoms with E-state index in [0.29, 0.717) is 17.9 Å². The van der Waals surface area contributed by atoms with Crippen molar-refractivity contribution in [1.82, 2.24) is 0 Å². The zero-order chi connectivity index (χ0) is 17.1. The van der Waals surface area contributed by atoms with Gasteiger partial charge in [0.1, 0.15) is 0 Å². The lowest BCUT2D eigenvalue weighted by Crippen LogP contribution is -2.30. The number of amides is 1. The van der Waals surface area contributed by atoms with Crippen LogP contribution in [0.15, 0.2) is 71.4 Å². The van der Waals surface area contributed by atoms with E-state index in [2.05, 4.69) is 16.8 Å². The molecule has 0 spiro atoms. The standard InChI is InChI=1S/C19H18N4O/c1-3-12-23-17-7-5-4-6-16(17)18(19(23)24)22-21-13(2)14-8-10-15(20)11-9-14/h3-11H,1,12,20H2,2H3/b21-13-,22-18-. The number of hydrogen-bond donors (Lipinski definition) is 1. The highest BCUT2D eigenvalue weighted by atomic mass is 16.2. The third-order valence-corrected chi connectivity index (χ3v) is 3.84. The van der Waals surface area contributed by atoms with Crippen molar-refractivity contribution in [2.24, 2.45) is 10.2 Å². The fourth-order valence-corrected chi connectivity index (χ4v) is 2.58. The Kier molecular flexibility index (Phi) is 4.24. The molecule has 1 amide bonds. The van der Waals surface area contributed by atoms with Crippen LogP contribution in [0.4, 0.5) is 11.4 Å². The van der Waals surface area contributed by atoms with E-state index in [1.165, 1.54) is 0 Å². The number of rotatable bonds is 4. The fourth-order valence-electron chi connectivity index (χ4n) is 2.58. The number of benzene rings is 2. The Morgan fingerprint density at radius 1 is 1.21 bits per heavy atom. The number of para-hydroxylation sites is 1. The second kappa shape index (κ2) is 6.50. The molecule has 0 aromatic heterocycles. The molecule has 0 saturated carbocycles.